The summed E-state index contributed by atoms with van der Waals surface area (Å²) in [5.74, 6) is 4.31. The van der Waals surface area contributed by atoms with Crippen molar-refractivity contribution in [3.8, 4) is 0 Å². The average molecular weight is 288 g/mol. The summed E-state index contributed by atoms with van der Waals surface area (Å²) in [6.45, 7) is 2.31. The fraction of sp³-hybridized carbons (Fsp3) is 0.600. The molecule has 20 heavy (non-hydrogen) atoms. The molecule has 2 saturated heterocycles. The summed E-state index contributed by atoms with van der Waals surface area (Å²) in [7, 11) is 2.21. The Labute approximate surface area is 123 Å². The van der Waals surface area contributed by atoms with Gasteiger partial charge in [-0.1, -0.05) is 0 Å². The number of rotatable bonds is 2. The fourth-order valence-corrected chi connectivity index (χ4v) is 4.66. The highest BCUT2D eigenvalue weighted by Gasteiger charge is 2.30. The van der Waals surface area contributed by atoms with Gasteiger partial charge in [-0.2, -0.15) is 11.8 Å². The number of likely N-dealkylation sites (tertiary alicyclic amines) is 1. The molecule has 2 aliphatic heterocycles. The minimum absolute atomic E-state index is 0.569. The minimum atomic E-state index is 0.569. The van der Waals surface area contributed by atoms with Gasteiger partial charge in [0.15, 0.2) is 5.65 Å². The number of pyridine rings is 1. The Hall–Kier alpha value is -1.07. The van der Waals surface area contributed by atoms with E-state index < -0.39 is 0 Å². The van der Waals surface area contributed by atoms with Gasteiger partial charge in [0.05, 0.1) is 0 Å². The first kappa shape index (κ1) is 12.7. The smallest absolute Gasteiger partial charge is 0.160 e. The zero-order valence-corrected chi connectivity index (χ0v) is 12.6. The van der Waals surface area contributed by atoms with Crippen LogP contribution in [0, 0.1) is 0 Å². The summed E-state index contributed by atoms with van der Waals surface area (Å²) in [4.78, 5) is 12.0. The molecule has 2 atom stereocenters. The van der Waals surface area contributed by atoms with E-state index in [0.717, 1.165) is 17.7 Å². The molecule has 2 aromatic heterocycles. The molecule has 0 aliphatic carbocycles. The van der Waals surface area contributed by atoms with E-state index in [2.05, 4.69) is 39.3 Å². The van der Waals surface area contributed by atoms with Crippen molar-refractivity contribution in [3.05, 3.63) is 24.2 Å². The Bertz CT molecular complexity index is 617. The highest BCUT2D eigenvalue weighted by atomic mass is 32.2. The summed E-state index contributed by atoms with van der Waals surface area (Å²) in [5.41, 5.74) is 2.15. The maximum atomic E-state index is 4.94. The molecule has 5 heteroatoms. The SMILES string of the molecule is CN1CCC(c2nc3cccnc3n2C2CCSC2)C1. The zero-order chi connectivity index (χ0) is 13.5. The Balaban J connectivity index is 1.83. The minimum Gasteiger partial charge on any atom is -0.308 e. The van der Waals surface area contributed by atoms with Crippen molar-refractivity contribution >= 4 is 22.9 Å². The number of nitrogens with zero attached hydrogens (tertiary/aromatic N) is 4. The number of thioether (sulfide) groups is 1. The van der Waals surface area contributed by atoms with Crippen LogP contribution in [-0.4, -0.2) is 51.1 Å². The van der Waals surface area contributed by atoms with Gasteiger partial charge in [-0.3, -0.25) is 0 Å². The van der Waals surface area contributed by atoms with E-state index in [1.54, 1.807) is 0 Å². The number of hydrogen-bond acceptors (Lipinski definition) is 4. The molecular weight excluding hydrogens is 268 g/mol. The van der Waals surface area contributed by atoms with Gasteiger partial charge in [0, 0.05) is 30.5 Å². The van der Waals surface area contributed by atoms with Crippen LogP contribution in [0.15, 0.2) is 18.3 Å². The molecule has 0 amide bonds. The van der Waals surface area contributed by atoms with Crippen molar-refractivity contribution in [1.82, 2.24) is 19.4 Å². The van der Waals surface area contributed by atoms with Crippen molar-refractivity contribution in [2.75, 3.05) is 31.6 Å². The Morgan fingerprint density at radius 2 is 2.30 bits per heavy atom. The second-order valence-corrected chi connectivity index (χ2v) is 7.10. The van der Waals surface area contributed by atoms with E-state index in [9.17, 15) is 0 Å². The molecule has 4 heterocycles. The molecule has 0 aromatic carbocycles. The van der Waals surface area contributed by atoms with E-state index in [0.29, 0.717) is 12.0 Å². The maximum Gasteiger partial charge on any atom is 0.160 e. The third kappa shape index (κ3) is 2.04. The van der Waals surface area contributed by atoms with Gasteiger partial charge in [0.25, 0.3) is 0 Å². The van der Waals surface area contributed by atoms with Crippen molar-refractivity contribution in [1.29, 1.82) is 0 Å². The topological polar surface area (TPSA) is 34.0 Å². The van der Waals surface area contributed by atoms with Crippen LogP contribution >= 0.6 is 11.8 Å². The van der Waals surface area contributed by atoms with Crippen LogP contribution in [0.4, 0.5) is 0 Å². The van der Waals surface area contributed by atoms with E-state index in [1.165, 1.54) is 36.7 Å². The summed E-state index contributed by atoms with van der Waals surface area (Å²) in [6, 6.07) is 4.68. The van der Waals surface area contributed by atoms with Crippen LogP contribution in [0.25, 0.3) is 11.2 Å². The maximum absolute atomic E-state index is 4.94. The first-order chi connectivity index (χ1) is 9.83. The summed E-state index contributed by atoms with van der Waals surface area (Å²) in [5, 5.41) is 0. The lowest BCUT2D eigenvalue weighted by molar-refractivity contribution is 0.405. The molecule has 2 aromatic rings. The van der Waals surface area contributed by atoms with E-state index in [4.69, 9.17) is 4.98 Å². The van der Waals surface area contributed by atoms with Crippen LogP contribution in [-0.2, 0) is 0 Å². The van der Waals surface area contributed by atoms with Gasteiger partial charge >= 0.3 is 0 Å². The molecule has 0 saturated carbocycles. The predicted molar refractivity (Wildman–Crippen MR) is 83.4 cm³/mol. The molecule has 2 unspecified atom stereocenters. The number of fused-ring (bicyclic) bond motifs is 1. The highest BCUT2D eigenvalue weighted by molar-refractivity contribution is 7.99. The first-order valence-electron chi connectivity index (χ1n) is 7.42. The second kappa shape index (κ2) is 5.04. The monoisotopic (exact) mass is 288 g/mol. The molecule has 0 spiro atoms. The fourth-order valence-electron chi connectivity index (χ4n) is 3.47. The lowest BCUT2D eigenvalue weighted by Gasteiger charge is -2.18. The van der Waals surface area contributed by atoms with Crippen molar-refractivity contribution in [2.45, 2.75) is 24.8 Å². The number of likely N-dealkylation sites (N-methyl/N-ethyl adjacent to an activating group) is 1. The van der Waals surface area contributed by atoms with Crippen LogP contribution in [0.2, 0.25) is 0 Å². The third-order valence-corrected chi connectivity index (χ3v) is 5.65. The van der Waals surface area contributed by atoms with Gasteiger partial charge in [-0.25, -0.2) is 9.97 Å². The molecular formula is C15H20N4S. The van der Waals surface area contributed by atoms with Crippen LogP contribution < -0.4 is 0 Å². The summed E-state index contributed by atoms with van der Waals surface area (Å²) < 4.78 is 2.46. The summed E-state index contributed by atoms with van der Waals surface area (Å²) in [6.07, 6.45) is 4.37. The highest BCUT2D eigenvalue weighted by Crippen LogP contribution is 2.35. The van der Waals surface area contributed by atoms with Crippen LogP contribution in [0.1, 0.15) is 30.6 Å². The lowest BCUT2D eigenvalue weighted by Crippen LogP contribution is -2.18. The molecule has 2 aliphatic rings. The standard InChI is InChI=1S/C15H20N4S/c1-18-7-4-11(9-18)14-17-13-3-2-6-16-15(13)19(14)12-5-8-20-10-12/h2-3,6,11-12H,4-5,7-10H2,1H3. The normalized spacial score (nSPS) is 27.6. The Kier molecular flexibility index (Phi) is 3.19. The van der Waals surface area contributed by atoms with E-state index >= 15 is 0 Å². The molecule has 0 N–H and O–H groups in total. The quantitative estimate of drug-likeness (QED) is 0.850. The Morgan fingerprint density at radius 1 is 1.35 bits per heavy atom. The largest absolute Gasteiger partial charge is 0.308 e. The first-order valence-corrected chi connectivity index (χ1v) is 8.57. The zero-order valence-electron chi connectivity index (χ0n) is 11.8. The lowest BCUT2D eigenvalue weighted by atomic mass is 10.1. The van der Waals surface area contributed by atoms with Gasteiger partial charge < -0.3 is 9.47 Å². The number of hydrogen-bond donors (Lipinski definition) is 0. The van der Waals surface area contributed by atoms with E-state index in [1.807, 2.05) is 12.3 Å². The number of imidazole rings is 1. The van der Waals surface area contributed by atoms with Gasteiger partial charge in [0.1, 0.15) is 11.3 Å². The van der Waals surface area contributed by atoms with Crippen LogP contribution in [0.5, 0.6) is 0 Å². The van der Waals surface area contributed by atoms with Gasteiger partial charge in [-0.15, -0.1) is 0 Å². The molecule has 106 valence electrons. The average Bonchev–Trinajstić information content (AvgIpc) is 3.15. The molecule has 2 fully saturated rings. The third-order valence-electron chi connectivity index (χ3n) is 4.50. The van der Waals surface area contributed by atoms with E-state index in [-0.39, 0.29) is 0 Å². The van der Waals surface area contributed by atoms with Crippen molar-refractivity contribution < 1.29 is 0 Å². The number of aromatic nitrogens is 3. The molecule has 4 nitrogen and oxygen atoms in total. The van der Waals surface area contributed by atoms with Crippen molar-refractivity contribution in [2.24, 2.45) is 0 Å². The molecule has 0 radical (unpaired) electrons. The van der Waals surface area contributed by atoms with Gasteiger partial charge in [-0.05, 0) is 44.3 Å². The van der Waals surface area contributed by atoms with Crippen molar-refractivity contribution in [3.63, 3.8) is 0 Å². The van der Waals surface area contributed by atoms with Crippen LogP contribution in [0.3, 0.4) is 0 Å². The molecule has 4 rings (SSSR count). The second-order valence-electron chi connectivity index (χ2n) is 5.95. The predicted octanol–water partition coefficient (Wildman–Crippen LogP) is 2.53. The van der Waals surface area contributed by atoms with Gasteiger partial charge in [0.2, 0.25) is 0 Å². The Morgan fingerprint density at radius 3 is 3.05 bits per heavy atom. The molecule has 0 bridgehead atoms. The summed E-state index contributed by atoms with van der Waals surface area (Å²) >= 11 is 2.05.